The zero-order chi connectivity index (χ0) is 15.2. The molecule has 8 nitrogen and oxygen atoms in total. The molecule has 2 N–H and O–H groups in total. The molecule has 120 valence electrons. The highest BCUT2D eigenvalue weighted by atomic mass is 35.5. The summed E-state index contributed by atoms with van der Waals surface area (Å²) in [5.74, 6) is 0.800. The van der Waals surface area contributed by atoms with Crippen LogP contribution in [-0.4, -0.2) is 25.1 Å². The van der Waals surface area contributed by atoms with Crippen LogP contribution in [0.2, 0.25) is 0 Å². The summed E-state index contributed by atoms with van der Waals surface area (Å²) in [4.78, 5) is 16.6. The summed E-state index contributed by atoms with van der Waals surface area (Å²) in [6.07, 6.45) is 2.76. The van der Waals surface area contributed by atoms with Gasteiger partial charge in [0.25, 0.3) is 5.56 Å². The Morgan fingerprint density at radius 1 is 1.30 bits per heavy atom. The fourth-order valence-electron chi connectivity index (χ4n) is 2.56. The van der Waals surface area contributed by atoms with E-state index in [1.165, 1.54) is 4.68 Å². The van der Waals surface area contributed by atoms with Crippen LogP contribution >= 0.6 is 12.4 Å². The maximum atomic E-state index is 12.3. The predicted octanol–water partition coefficient (Wildman–Crippen LogP) is 0.982. The van der Waals surface area contributed by atoms with E-state index >= 15 is 0 Å². The summed E-state index contributed by atoms with van der Waals surface area (Å²) >= 11 is 0. The smallest absolute Gasteiger partial charge is 0.278 e. The zero-order valence-electron chi connectivity index (χ0n) is 12.2. The van der Waals surface area contributed by atoms with Crippen LogP contribution in [0.3, 0.4) is 0 Å². The molecule has 0 radical (unpaired) electrons. The summed E-state index contributed by atoms with van der Waals surface area (Å²) in [6, 6.07) is 7.05. The number of hydrogen-bond donors (Lipinski definition) is 1. The average Bonchev–Trinajstić information content (AvgIpc) is 2.97. The number of aromatic nitrogens is 5. The van der Waals surface area contributed by atoms with E-state index in [2.05, 4.69) is 20.5 Å². The van der Waals surface area contributed by atoms with E-state index in [-0.39, 0.29) is 24.5 Å². The Kier molecular flexibility index (Phi) is 3.87. The Morgan fingerprint density at radius 3 is 2.83 bits per heavy atom. The highest BCUT2D eigenvalue weighted by Gasteiger charge is 2.39. The Bertz CT molecular complexity index is 901. The molecule has 0 aliphatic heterocycles. The molecule has 3 aromatic rings. The van der Waals surface area contributed by atoms with Crippen molar-refractivity contribution in [2.24, 2.45) is 5.73 Å². The number of fused-ring (bicyclic) bond motifs is 1. The van der Waals surface area contributed by atoms with Crippen LogP contribution in [0.5, 0.6) is 0 Å². The summed E-state index contributed by atoms with van der Waals surface area (Å²) in [7, 11) is 0. The molecular formula is C14H15ClN6O2. The topological polar surface area (TPSA) is 113 Å². The zero-order valence-corrected chi connectivity index (χ0v) is 13.0. The second-order valence-electron chi connectivity index (χ2n) is 5.59. The van der Waals surface area contributed by atoms with Crippen LogP contribution in [0.4, 0.5) is 0 Å². The largest absolute Gasteiger partial charge is 0.337 e. The van der Waals surface area contributed by atoms with Gasteiger partial charge < -0.3 is 10.3 Å². The van der Waals surface area contributed by atoms with Crippen molar-refractivity contribution in [2.45, 2.75) is 31.3 Å². The van der Waals surface area contributed by atoms with Crippen LogP contribution in [0.25, 0.3) is 10.9 Å². The molecule has 1 aliphatic rings. The maximum Gasteiger partial charge on any atom is 0.278 e. The van der Waals surface area contributed by atoms with Gasteiger partial charge >= 0.3 is 0 Å². The normalized spacial score (nSPS) is 15.9. The fourth-order valence-corrected chi connectivity index (χ4v) is 2.56. The number of rotatable bonds is 3. The Morgan fingerprint density at radius 2 is 2.09 bits per heavy atom. The standard InChI is InChI=1S/C14H14N6O2.ClH/c15-14(6-3-7-14)13-16-11(22-18-13)8-20-12(21)9-4-1-2-5-10(9)17-19-20;/h1-2,4-5H,3,6-8,15H2;1H. The molecule has 0 amide bonds. The SMILES string of the molecule is Cl.NC1(c2noc(Cn3nnc4ccccc4c3=O)n2)CCC1. The fraction of sp³-hybridized carbons (Fsp3) is 0.357. The lowest BCUT2D eigenvalue weighted by Crippen LogP contribution is -2.44. The van der Waals surface area contributed by atoms with E-state index in [1.54, 1.807) is 18.2 Å². The van der Waals surface area contributed by atoms with Gasteiger partial charge in [-0.2, -0.15) is 4.98 Å². The first-order chi connectivity index (χ1) is 10.7. The van der Waals surface area contributed by atoms with Crippen molar-refractivity contribution in [3.05, 3.63) is 46.3 Å². The lowest BCUT2D eigenvalue weighted by atomic mass is 9.77. The lowest BCUT2D eigenvalue weighted by Gasteiger charge is -2.34. The van der Waals surface area contributed by atoms with Crippen LogP contribution in [0.1, 0.15) is 31.0 Å². The van der Waals surface area contributed by atoms with Crippen molar-refractivity contribution < 1.29 is 4.52 Å². The molecular weight excluding hydrogens is 320 g/mol. The monoisotopic (exact) mass is 334 g/mol. The summed E-state index contributed by atoms with van der Waals surface area (Å²) in [5, 5.41) is 12.4. The van der Waals surface area contributed by atoms with Crippen molar-refractivity contribution in [3.63, 3.8) is 0 Å². The van der Waals surface area contributed by atoms with Crippen LogP contribution < -0.4 is 11.3 Å². The molecule has 2 heterocycles. The van der Waals surface area contributed by atoms with Gasteiger partial charge in [0.2, 0.25) is 5.89 Å². The van der Waals surface area contributed by atoms with Gasteiger partial charge in [-0.3, -0.25) is 4.79 Å². The van der Waals surface area contributed by atoms with E-state index in [0.717, 1.165) is 19.3 Å². The average molecular weight is 335 g/mol. The van der Waals surface area contributed by atoms with Gasteiger partial charge in [-0.15, -0.1) is 17.5 Å². The molecule has 4 rings (SSSR count). The first-order valence-corrected chi connectivity index (χ1v) is 7.10. The van der Waals surface area contributed by atoms with Gasteiger partial charge in [0.1, 0.15) is 12.1 Å². The van der Waals surface area contributed by atoms with Crippen molar-refractivity contribution >= 4 is 23.3 Å². The number of hydrogen-bond acceptors (Lipinski definition) is 7. The van der Waals surface area contributed by atoms with E-state index in [4.69, 9.17) is 10.3 Å². The summed E-state index contributed by atoms with van der Waals surface area (Å²) in [5.41, 5.74) is 5.99. The number of nitrogens with two attached hydrogens (primary N) is 1. The Hall–Kier alpha value is -2.32. The first-order valence-electron chi connectivity index (χ1n) is 7.10. The predicted molar refractivity (Wildman–Crippen MR) is 84.2 cm³/mol. The van der Waals surface area contributed by atoms with Gasteiger partial charge in [0.05, 0.1) is 10.9 Å². The van der Waals surface area contributed by atoms with Gasteiger partial charge in [-0.25, -0.2) is 4.68 Å². The van der Waals surface area contributed by atoms with Gasteiger partial charge in [0, 0.05) is 0 Å². The molecule has 0 bridgehead atoms. The Labute approximate surface area is 137 Å². The van der Waals surface area contributed by atoms with Crippen LogP contribution in [-0.2, 0) is 12.1 Å². The highest BCUT2D eigenvalue weighted by Crippen LogP contribution is 2.36. The van der Waals surface area contributed by atoms with Crippen LogP contribution in [0.15, 0.2) is 33.6 Å². The molecule has 2 aromatic heterocycles. The molecule has 1 saturated carbocycles. The molecule has 1 aliphatic carbocycles. The van der Waals surface area contributed by atoms with E-state index in [0.29, 0.717) is 22.6 Å². The molecule has 0 spiro atoms. The molecule has 23 heavy (non-hydrogen) atoms. The van der Waals surface area contributed by atoms with E-state index in [9.17, 15) is 4.79 Å². The van der Waals surface area contributed by atoms with Crippen molar-refractivity contribution in [3.8, 4) is 0 Å². The molecule has 0 unspecified atom stereocenters. The molecule has 1 aromatic carbocycles. The molecule has 1 fully saturated rings. The minimum atomic E-state index is -0.484. The minimum absolute atomic E-state index is 0. The van der Waals surface area contributed by atoms with E-state index in [1.807, 2.05) is 6.07 Å². The van der Waals surface area contributed by atoms with Crippen LogP contribution in [0, 0.1) is 0 Å². The quantitative estimate of drug-likeness (QED) is 0.759. The third kappa shape index (κ3) is 2.60. The first kappa shape index (κ1) is 15.6. The summed E-state index contributed by atoms with van der Waals surface area (Å²) in [6.45, 7) is 0.0831. The second-order valence-corrected chi connectivity index (χ2v) is 5.59. The van der Waals surface area contributed by atoms with Gasteiger partial charge in [-0.1, -0.05) is 22.5 Å². The lowest BCUT2D eigenvalue weighted by molar-refractivity contribution is 0.228. The highest BCUT2D eigenvalue weighted by molar-refractivity contribution is 5.85. The summed E-state index contributed by atoms with van der Waals surface area (Å²) < 4.78 is 6.40. The molecule has 0 atom stereocenters. The Balaban J connectivity index is 0.00000156. The maximum absolute atomic E-state index is 12.3. The molecule has 9 heteroatoms. The number of nitrogens with zero attached hydrogens (tertiary/aromatic N) is 5. The second kappa shape index (κ2) is 5.71. The number of benzene rings is 1. The minimum Gasteiger partial charge on any atom is -0.337 e. The van der Waals surface area contributed by atoms with Crippen molar-refractivity contribution in [1.82, 2.24) is 25.1 Å². The van der Waals surface area contributed by atoms with Crippen molar-refractivity contribution in [2.75, 3.05) is 0 Å². The van der Waals surface area contributed by atoms with Gasteiger partial charge in [0.15, 0.2) is 5.82 Å². The van der Waals surface area contributed by atoms with Gasteiger partial charge in [-0.05, 0) is 31.4 Å². The third-order valence-electron chi connectivity index (χ3n) is 4.07. The van der Waals surface area contributed by atoms with E-state index < -0.39 is 5.54 Å². The molecule has 0 saturated heterocycles. The number of halogens is 1. The third-order valence-corrected chi connectivity index (χ3v) is 4.07. The van der Waals surface area contributed by atoms with Crippen molar-refractivity contribution in [1.29, 1.82) is 0 Å².